The summed E-state index contributed by atoms with van der Waals surface area (Å²) in [5, 5.41) is 4.46. The average molecular weight is 228 g/mol. The lowest BCUT2D eigenvalue weighted by Gasteiger charge is -2.25. The highest BCUT2D eigenvalue weighted by atomic mass is 15.0. The molecule has 3 rings (SSSR count). The van der Waals surface area contributed by atoms with Crippen LogP contribution in [0.2, 0.25) is 0 Å². The molecule has 0 atom stereocenters. The number of anilines is 2. The van der Waals surface area contributed by atoms with Crippen LogP contribution in [0.15, 0.2) is 24.5 Å². The van der Waals surface area contributed by atoms with E-state index < -0.39 is 0 Å². The van der Waals surface area contributed by atoms with Gasteiger partial charge in [-0.3, -0.25) is 0 Å². The topological polar surface area (TPSA) is 63.8 Å². The zero-order chi connectivity index (χ0) is 11.7. The summed E-state index contributed by atoms with van der Waals surface area (Å²) in [7, 11) is 0. The van der Waals surface area contributed by atoms with Gasteiger partial charge in [0.2, 0.25) is 0 Å². The third-order valence-electron chi connectivity index (χ3n) is 3.44. The Morgan fingerprint density at radius 3 is 2.94 bits per heavy atom. The fourth-order valence-corrected chi connectivity index (χ4v) is 2.15. The molecular formula is C13H16N4. The van der Waals surface area contributed by atoms with Crippen molar-refractivity contribution in [3.05, 3.63) is 24.5 Å². The van der Waals surface area contributed by atoms with E-state index in [-0.39, 0.29) is 0 Å². The van der Waals surface area contributed by atoms with Gasteiger partial charge in [0.05, 0.1) is 5.52 Å². The highest BCUT2D eigenvalue weighted by molar-refractivity contribution is 5.90. The normalized spacial score (nSPS) is 15.8. The molecule has 1 aliphatic rings. The van der Waals surface area contributed by atoms with Crippen molar-refractivity contribution in [3.63, 3.8) is 0 Å². The molecule has 0 amide bonds. The molecule has 1 aromatic heterocycles. The Kier molecular flexibility index (Phi) is 2.55. The summed E-state index contributed by atoms with van der Waals surface area (Å²) < 4.78 is 0. The molecule has 4 nitrogen and oxygen atoms in total. The Morgan fingerprint density at radius 1 is 1.29 bits per heavy atom. The summed E-state index contributed by atoms with van der Waals surface area (Å²) in [5.74, 6) is 1.73. The molecule has 2 aromatic rings. The number of hydrogen-bond donors (Lipinski definition) is 2. The second kappa shape index (κ2) is 4.20. The first kappa shape index (κ1) is 10.3. The maximum absolute atomic E-state index is 5.75. The maximum Gasteiger partial charge on any atom is 0.137 e. The van der Waals surface area contributed by atoms with Gasteiger partial charge in [-0.2, -0.15) is 0 Å². The first-order valence-electron chi connectivity index (χ1n) is 6.07. The van der Waals surface area contributed by atoms with E-state index in [1.54, 1.807) is 6.33 Å². The van der Waals surface area contributed by atoms with Gasteiger partial charge in [-0.15, -0.1) is 0 Å². The van der Waals surface area contributed by atoms with Gasteiger partial charge in [-0.05, 0) is 37.0 Å². The smallest absolute Gasteiger partial charge is 0.137 e. The van der Waals surface area contributed by atoms with Gasteiger partial charge in [0, 0.05) is 17.6 Å². The van der Waals surface area contributed by atoms with Crippen molar-refractivity contribution in [1.82, 2.24) is 9.97 Å². The van der Waals surface area contributed by atoms with Crippen LogP contribution in [0.25, 0.3) is 10.9 Å². The van der Waals surface area contributed by atoms with Crippen molar-refractivity contribution < 1.29 is 0 Å². The van der Waals surface area contributed by atoms with Gasteiger partial charge in [-0.25, -0.2) is 9.97 Å². The monoisotopic (exact) mass is 228 g/mol. The zero-order valence-corrected chi connectivity index (χ0v) is 9.69. The summed E-state index contributed by atoms with van der Waals surface area (Å²) in [6, 6.07) is 5.75. The molecule has 0 bridgehead atoms. The van der Waals surface area contributed by atoms with Crippen LogP contribution >= 0.6 is 0 Å². The van der Waals surface area contributed by atoms with Gasteiger partial charge in [0.15, 0.2) is 0 Å². The lowest BCUT2D eigenvalue weighted by Crippen LogP contribution is -2.21. The van der Waals surface area contributed by atoms with E-state index in [0.717, 1.165) is 34.9 Å². The molecular weight excluding hydrogens is 212 g/mol. The van der Waals surface area contributed by atoms with Crippen LogP contribution in [-0.4, -0.2) is 16.5 Å². The number of benzene rings is 1. The molecule has 0 unspecified atom stereocenters. The molecule has 0 saturated heterocycles. The van der Waals surface area contributed by atoms with Gasteiger partial charge in [0.25, 0.3) is 0 Å². The quantitative estimate of drug-likeness (QED) is 0.792. The Balaban J connectivity index is 1.87. The van der Waals surface area contributed by atoms with Gasteiger partial charge in [0.1, 0.15) is 12.1 Å². The number of fused-ring (bicyclic) bond motifs is 1. The van der Waals surface area contributed by atoms with Crippen molar-refractivity contribution in [3.8, 4) is 0 Å². The largest absolute Gasteiger partial charge is 0.399 e. The minimum Gasteiger partial charge on any atom is -0.399 e. The van der Waals surface area contributed by atoms with E-state index in [1.165, 1.54) is 19.3 Å². The van der Waals surface area contributed by atoms with Gasteiger partial charge < -0.3 is 11.1 Å². The maximum atomic E-state index is 5.75. The van der Waals surface area contributed by atoms with Crippen LogP contribution < -0.4 is 11.1 Å². The number of rotatable bonds is 3. The van der Waals surface area contributed by atoms with Crippen molar-refractivity contribution in [2.75, 3.05) is 17.6 Å². The number of nitrogens with one attached hydrogen (secondary N) is 1. The number of nitrogens with zero attached hydrogens (tertiary/aromatic N) is 2. The van der Waals surface area contributed by atoms with Crippen LogP contribution in [0, 0.1) is 5.92 Å². The Hall–Kier alpha value is -1.84. The average Bonchev–Trinajstić information content (AvgIpc) is 2.26. The predicted octanol–water partition coefficient (Wildman–Crippen LogP) is 2.42. The summed E-state index contributed by atoms with van der Waals surface area (Å²) in [4.78, 5) is 8.54. The first-order chi connectivity index (χ1) is 8.33. The van der Waals surface area contributed by atoms with Crippen molar-refractivity contribution >= 4 is 22.4 Å². The Morgan fingerprint density at radius 2 is 2.18 bits per heavy atom. The standard InChI is InChI=1S/C13H16N4/c14-10-4-5-11-12(6-10)16-8-17-13(11)15-7-9-2-1-3-9/h4-6,8-9H,1-3,7,14H2,(H,15,16,17). The number of aromatic nitrogens is 2. The summed E-state index contributed by atoms with van der Waals surface area (Å²) >= 11 is 0. The van der Waals surface area contributed by atoms with E-state index in [4.69, 9.17) is 5.73 Å². The second-order valence-electron chi connectivity index (χ2n) is 4.68. The van der Waals surface area contributed by atoms with Gasteiger partial charge >= 0.3 is 0 Å². The summed E-state index contributed by atoms with van der Waals surface area (Å²) in [6.45, 7) is 1.01. The molecule has 3 N–H and O–H groups in total. The molecule has 1 saturated carbocycles. The highest BCUT2D eigenvalue weighted by Gasteiger charge is 2.17. The number of hydrogen-bond acceptors (Lipinski definition) is 4. The highest BCUT2D eigenvalue weighted by Crippen LogP contribution is 2.27. The minimum atomic E-state index is 0.737. The lowest BCUT2D eigenvalue weighted by atomic mass is 9.85. The molecule has 1 aliphatic carbocycles. The molecule has 0 aliphatic heterocycles. The Labute approximate surface area is 100 Å². The molecule has 17 heavy (non-hydrogen) atoms. The SMILES string of the molecule is Nc1ccc2c(NCC3CCC3)ncnc2c1. The molecule has 0 radical (unpaired) electrons. The Bertz CT molecular complexity index is 534. The minimum absolute atomic E-state index is 0.737. The first-order valence-corrected chi connectivity index (χ1v) is 6.07. The number of nitrogen functional groups attached to an aromatic ring is 1. The molecule has 4 heteroatoms. The van der Waals surface area contributed by atoms with E-state index >= 15 is 0 Å². The third kappa shape index (κ3) is 2.02. The van der Waals surface area contributed by atoms with Crippen LogP contribution in [0.4, 0.5) is 11.5 Å². The summed E-state index contributed by atoms with van der Waals surface area (Å²) in [6.07, 6.45) is 5.63. The molecule has 88 valence electrons. The van der Waals surface area contributed by atoms with E-state index in [9.17, 15) is 0 Å². The second-order valence-corrected chi connectivity index (χ2v) is 4.68. The van der Waals surface area contributed by atoms with E-state index in [1.807, 2.05) is 18.2 Å². The van der Waals surface area contributed by atoms with E-state index in [2.05, 4.69) is 15.3 Å². The van der Waals surface area contributed by atoms with Crippen molar-refractivity contribution in [2.24, 2.45) is 5.92 Å². The summed E-state index contributed by atoms with van der Waals surface area (Å²) in [5.41, 5.74) is 7.38. The zero-order valence-electron chi connectivity index (χ0n) is 9.69. The molecule has 1 aromatic carbocycles. The molecule has 0 spiro atoms. The van der Waals surface area contributed by atoms with Crippen LogP contribution in [0.5, 0.6) is 0 Å². The van der Waals surface area contributed by atoms with Gasteiger partial charge in [-0.1, -0.05) is 6.42 Å². The fourth-order valence-electron chi connectivity index (χ4n) is 2.15. The van der Waals surface area contributed by atoms with Crippen LogP contribution in [0.3, 0.4) is 0 Å². The van der Waals surface area contributed by atoms with Crippen LogP contribution in [-0.2, 0) is 0 Å². The lowest BCUT2D eigenvalue weighted by molar-refractivity contribution is 0.333. The third-order valence-corrected chi connectivity index (χ3v) is 3.44. The van der Waals surface area contributed by atoms with Crippen molar-refractivity contribution in [1.29, 1.82) is 0 Å². The fraction of sp³-hybridized carbons (Fsp3) is 0.385. The molecule has 1 fully saturated rings. The van der Waals surface area contributed by atoms with E-state index in [0.29, 0.717) is 0 Å². The molecule has 1 heterocycles. The predicted molar refractivity (Wildman–Crippen MR) is 69.8 cm³/mol. The number of nitrogens with two attached hydrogens (primary N) is 1. The van der Waals surface area contributed by atoms with Crippen LogP contribution in [0.1, 0.15) is 19.3 Å². The van der Waals surface area contributed by atoms with Crippen molar-refractivity contribution in [2.45, 2.75) is 19.3 Å².